The Morgan fingerprint density at radius 3 is 2.35 bits per heavy atom. The maximum atomic E-state index is 11.3. The second-order valence-corrected chi connectivity index (χ2v) is 6.22. The van der Waals surface area contributed by atoms with Gasteiger partial charge in [-0.3, -0.25) is 0 Å². The van der Waals surface area contributed by atoms with Crippen LogP contribution >= 0.6 is 0 Å². The van der Waals surface area contributed by atoms with Gasteiger partial charge in [0.15, 0.2) is 0 Å². The molecular formula is C15H17NO3S. The van der Waals surface area contributed by atoms with E-state index in [9.17, 15) is 8.42 Å². The third-order valence-electron chi connectivity index (χ3n) is 3.11. The van der Waals surface area contributed by atoms with Gasteiger partial charge in [-0.15, -0.1) is 0 Å². The van der Waals surface area contributed by atoms with Crippen LogP contribution < -0.4 is 9.88 Å². The highest BCUT2D eigenvalue weighted by Crippen LogP contribution is 2.21. The van der Waals surface area contributed by atoms with Gasteiger partial charge in [-0.05, 0) is 48.7 Å². The van der Waals surface area contributed by atoms with E-state index in [4.69, 9.17) is 9.88 Å². The molecule has 2 aromatic rings. The van der Waals surface area contributed by atoms with E-state index in [0.717, 1.165) is 11.1 Å². The molecule has 106 valence electrons. The Balaban J connectivity index is 2.16. The van der Waals surface area contributed by atoms with E-state index in [1.165, 1.54) is 6.07 Å². The Bertz CT molecular complexity index is 724. The number of hydrogen-bond acceptors (Lipinski definition) is 3. The van der Waals surface area contributed by atoms with Crippen molar-refractivity contribution in [2.24, 2.45) is 5.14 Å². The monoisotopic (exact) mass is 291 g/mol. The van der Waals surface area contributed by atoms with Gasteiger partial charge in [-0.1, -0.05) is 24.3 Å². The first kappa shape index (κ1) is 14.6. The maximum Gasteiger partial charge on any atom is 0.238 e. The molecule has 0 aliphatic heterocycles. The van der Waals surface area contributed by atoms with Crippen LogP contribution in [0.5, 0.6) is 5.75 Å². The minimum Gasteiger partial charge on any atom is -0.489 e. The van der Waals surface area contributed by atoms with Gasteiger partial charge < -0.3 is 4.74 Å². The average molecular weight is 291 g/mol. The second-order valence-electron chi connectivity index (χ2n) is 4.69. The molecule has 0 spiro atoms. The molecule has 20 heavy (non-hydrogen) atoms. The van der Waals surface area contributed by atoms with Crippen LogP contribution in [0.1, 0.15) is 16.7 Å². The van der Waals surface area contributed by atoms with Crippen molar-refractivity contribution in [1.29, 1.82) is 0 Å². The molecule has 0 aliphatic rings. The van der Waals surface area contributed by atoms with Gasteiger partial charge >= 0.3 is 0 Å². The lowest BCUT2D eigenvalue weighted by Gasteiger charge is -2.10. The Hall–Kier alpha value is -1.85. The third kappa shape index (κ3) is 3.37. The number of nitrogens with two attached hydrogens (primary N) is 1. The predicted molar refractivity (Wildman–Crippen MR) is 78.1 cm³/mol. The Kier molecular flexibility index (Phi) is 4.11. The molecule has 0 radical (unpaired) electrons. The molecule has 5 heteroatoms. The summed E-state index contributed by atoms with van der Waals surface area (Å²) in [5.74, 6) is 0.623. The second kappa shape index (κ2) is 5.64. The lowest BCUT2D eigenvalue weighted by molar-refractivity contribution is 0.305. The van der Waals surface area contributed by atoms with E-state index in [1.807, 2.05) is 31.2 Å². The van der Waals surface area contributed by atoms with Crippen LogP contribution in [0.2, 0.25) is 0 Å². The first-order valence-corrected chi connectivity index (χ1v) is 7.73. The van der Waals surface area contributed by atoms with Crippen LogP contribution in [-0.4, -0.2) is 8.42 Å². The van der Waals surface area contributed by atoms with Crippen molar-refractivity contribution >= 4 is 10.0 Å². The molecule has 0 fully saturated rings. The lowest BCUT2D eigenvalue weighted by atomic mass is 10.1. The van der Waals surface area contributed by atoms with Crippen molar-refractivity contribution in [2.75, 3.05) is 0 Å². The molecular weight excluding hydrogens is 274 g/mol. The van der Waals surface area contributed by atoms with Gasteiger partial charge in [-0.25, -0.2) is 13.6 Å². The first-order chi connectivity index (χ1) is 9.38. The molecule has 2 N–H and O–H groups in total. The van der Waals surface area contributed by atoms with Gasteiger partial charge in [0.25, 0.3) is 0 Å². The summed E-state index contributed by atoms with van der Waals surface area (Å²) >= 11 is 0. The van der Waals surface area contributed by atoms with Crippen LogP contribution in [0.15, 0.2) is 47.4 Å². The summed E-state index contributed by atoms with van der Waals surface area (Å²) in [6.45, 7) is 4.16. The third-order valence-corrected chi connectivity index (χ3v) is 4.18. The number of aryl methyl sites for hydroxylation is 2. The van der Waals surface area contributed by atoms with E-state index >= 15 is 0 Å². The Morgan fingerprint density at radius 2 is 1.75 bits per heavy atom. The normalized spacial score (nSPS) is 11.3. The molecule has 0 bridgehead atoms. The highest BCUT2D eigenvalue weighted by Gasteiger charge is 2.11. The molecule has 2 aromatic carbocycles. The standard InChI is InChI=1S/C15H17NO3S/c1-11-5-3-4-6-13(11)10-19-14-7-8-15(12(2)9-14)20(16,17)18/h3-9H,10H2,1-2H3,(H2,16,17,18). The molecule has 4 nitrogen and oxygen atoms in total. The van der Waals surface area contributed by atoms with Gasteiger partial charge in [0.05, 0.1) is 4.90 Å². The zero-order valence-corrected chi connectivity index (χ0v) is 12.3. The SMILES string of the molecule is Cc1ccccc1COc1ccc(S(N)(=O)=O)c(C)c1. The van der Waals surface area contributed by atoms with E-state index in [-0.39, 0.29) is 4.90 Å². The summed E-state index contributed by atoms with van der Waals surface area (Å²) < 4.78 is 28.3. The topological polar surface area (TPSA) is 69.4 Å². The summed E-state index contributed by atoms with van der Waals surface area (Å²) in [4.78, 5) is 0.126. The predicted octanol–water partition coefficient (Wildman–Crippen LogP) is 2.53. The number of primary sulfonamides is 1. The zero-order valence-electron chi connectivity index (χ0n) is 11.5. The van der Waals surface area contributed by atoms with Gasteiger partial charge in [0.1, 0.15) is 12.4 Å². The molecule has 0 saturated heterocycles. The fourth-order valence-corrected chi connectivity index (χ4v) is 2.73. The van der Waals surface area contributed by atoms with Crippen LogP contribution in [0.25, 0.3) is 0 Å². The van der Waals surface area contributed by atoms with Crippen molar-refractivity contribution < 1.29 is 13.2 Å². The van der Waals surface area contributed by atoms with Gasteiger partial charge in [-0.2, -0.15) is 0 Å². The van der Waals surface area contributed by atoms with E-state index in [1.54, 1.807) is 19.1 Å². The quantitative estimate of drug-likeness (QED) is 0.941. The zero-order chi connectivity index (χ0) is 14.8. The summed E-state index contributed by atoms with van der Waals surface area (Å²) in [6.07, 6.45) is 0. The molecule has 0 atom stereocenters. The molecule has 0 aliphatic carbocycles. The summed E-state index contributed by atoms with van der Waals surface area (Å²) in [6, 6.07) is 12.7. The van der Waals surface area contributed by atoms with Crippen molar-refractivity contribution in [1.82, 2.24) is 0 Å². The highest BCUT2D eigenvalue weighted by atomic mass is 32.2. The molecule has 0 heterocycles. The molecule has 0 unspecified atom stereocenters. The average Bonchev–Trinajstić information content (AvgIpc) is 2.36. The van der Waals surface area contributed by atoms with E-state index in [0.29, 0.717) is 17.9 Å². The summed E-state index contributed by atoms with van der Waals surface area (Å²) in [5, 5.41) is 5.12. The maximum absolute atomic E-state index is 11.3. The largest absolute Gasteiger partial charge is 0.489 e. The molecule has 0 saturated carbocycles. The van der Waals surface area contributed by atoms with E-state index < -0.39 is 10.0 Å². The first-order valence-electron chi connectivity index (χ1n) is 6.18. The molecule has 2 rings (SSSR count). The van der Waals surface area contributed by atoms with Crippen molar-refractivity contribution in [2.45, 2.75) is 25.3 Å². The fourth-order valence-electron chi connectivity index (χ4n) is 1.96. The van der Waals surface area contributed by atoms with Crippen LogP contribution in [0, 0.1) is 13.8 Å². The van der Waals surface area contributed by atoms with Gasteiger partial charge in [0.2, 0.25) is 10.0 Å². The van der Waals surface area contributed by atoms with Crippen molar-refractivity contribution in [3.05, 3.63) is 59.2 Å². The smallest absolute Gasteiger partial charge is 0.238 e. The van der Waals surface area contributed by atoms with Crippen LogP contribution in [0.4, 0.5) is 0 Å². The highest BCUT2D eigenvalue weighted by molar-refractivity contribution is 7.89. The minimum absolute atomic E-state index is 0.126. The number of hydrogen-bond donors (Lipinski definition) is 1. The van der Waals surface area contributed by atoms with Crippen LogP contribution in [0.3, 0.4) is 0 Å². The Labute approximate surface area is 119 Å². The van der Waals surface area contributed by atoms with Gasteiger partial charge in [0, 0.05) is 0 Å². The number of sulfonamides is 1. The lowest BCUT2D eigenvalue weighted by Crippen LogP contribution is -2.13. The summed E-state index contributed by atoms with van der Waals surface area (Å²) in [7, 11) is -3.68. The minimum atomic E-state index is -3.68. The van der Waals surface area contributed by atoms with Crippen LogP contribution in [-0.2, 0) is 16.6 Å². The van der Waals surface area contributed by atoms with E-state index in [2.05, 4.69) is 0 Å². The van der Waals surface area contributed by atoms with Crippen molar-refractivity contribution in [3.8, 4) is 5.75 Å². The number of benzene rings is 2. The molecule has 0 amide bonds. The number of rotatable bonds is 4. The molecule has 0 aromatic heterocycles. The summed E-state index contributed by atoms with van der Waals surface area (Å²) in [5.41, 5.74) is 2.83. The number of ether oxygens (including phenoxy) is 1. The fraction of sp³-hybridized carbons (Fsp3) is 0.200. The van der Waals surface area contributed by atoms with Crippen molar-refractivity contribution in [3.63, 3.8) is 0 Å². The Morgan fingerprint density at radius 1 is 1.05 bits per heavy atom.